The Morgan fingerprint density at radius 3 is 2.66 bits per heavy atom. The standard InChI is InChI=1S/C20H21FN4O4/c1-4-13-18(20(29)22-3)9(2)14(23-13)6-11-10-5-12(21)16(24-17(27)8-26)7-15(10)25-19(11)28/h5-7,23,26H,4,8H2,1-3H3,(H,22,29)(H,24,27)(H,25,28)/b11-6-. The maximum atomic E-state index is 14.4. The molecule has 3 amide bonds. The summed E-state index contributed by atoms with van der Waals surface area (Å²) < 4.78 is 14.4. The Morgan fingerprint density at radius 2 is 2.03 bits per heavy atom. The molecule has 0 atom stereocenters. The topological polar surface area (TPSA) is 123 Å². The molecule has 3 rings (SSSR count). The predicted octanol–water partition coefficient (Wildman–Crippen LogP) is 1.81. The van der Waals surface area contributed by atoms with E-state index in [0.717, 1.165) is 11.8 Å². The number of anilines is 2. The van der Waals surface area contributed by atoms with E-state index in [-0.39, 0.29) is 17.2 Å². The van der Waals surface area contributed by atoms with Gasteiger partial charge in [-0.3, -0.25) is 14.4 Å². The third kappa shape index (κ3) is 3.64. The van der Waals surface area contributed by atoms with Gasteiger partial charge in [0.05, 0.1) is 22.5 Å². The van der Waals surface area contributed by atoms with E-state index in [9.17, 15) is 18.8 Å². The molecule has 0 radical (unpaired) electrons. The fourth-order valence-electron chi connectivity index (χ4n) is 3.31. The molecule has 0 fully saturated rings. The molecule has 0 bridgehead atoms. The summed E-state index contributed by atoms with van der Waals surface area (Å²) in [4.78, 5) is 39.1. The molecular weight excluding hydrogens is 379 g/mol. The van der Waals surface area contributed by atoms with Crippen LogP contribution in [0.3, 0.4) is 0 Å². The number of hydrogen-bond acceptors (Lipinski definition) is 4. The SMILES string of the molecule is CCc1[nH]c(/C=C2\C(=O)Nc3cc(NC(=O)CO)c(F)cc32)c(C)c1C(=O)NC. The van der Waals surface area contributed by atoms with Crippen molar-refractivity contribution < 1.29 is 23.9 Å². The highest BCUT2D eigenvalue weighted by Gasteiger charge is 2.27. The van der Waals surface area contributed by atoms with E-state index in [0.29, 0.717) is 34.5 Å². The zero-order valence-corrected chi connectivity index (χ0v) is 16.2. The van der Waals surface area contributed by atoms with Crippen LogP contribution in [0.25, 0.3) is 11.6 Å². The molecule has 29 heavy (non-hydrogen) atoms. The van der Waals surface area contributed by atoms with Crippen molar-refractivity contribution in [3.05, 3.63) is 46.0 Å². The molecule has 9 heteroatoms. The predicted molar refractivity (Wildman–Crippen MR) is 107 cm³/mol. The molecule has 1 aromatic heterocycles. The second-order valence-corrected chi connectivity index (χ2v) is 6.55. The summed E-state index contributed by atoms with van der Waals surface area (Å²) in [6.45, 7) is 2.89. The van der Waals surface area contributed by atoms with Gasteiger partial charge in [-0.1, -0.05) is 6.92 Å². The van der Waals surface area contributed by atoms with Crippen molar-refractivity contribution in [1.29, 1.82) is 0 Å². The van der Waals surface area contributed by atoms with Crippen molar-refractivity contribution in [3.8, 4) is 0 Å². The average Bonchev–Trinajstić information content (AvgIpc) is 3.18. The molecule has 2 aromatic rings. The van der Waals surface area contributed by atoms with Gasteiger partial charge in [0.15, 0.2) is 0 Å². The largest absolute Gasteiger partial charge is 0.387 e. The van der Waals surface area contributed by atoms with E-state index >= 15 is 0 Å². The molecule has 152 valence electrons. The number of aliphatic hydroxyl groups excluding tert-OH is 1. The van der Waals surface area contributed by atoms with Crippen molar-refractivity contribution in [2.75, 3.05) is 24.3 Å². The average molecular weight is 400 g/mol. The van der Waals surface area contributed by atoms with E-state index in [1.165, 1.54) is 6.07 Å². The summed E-state index contributed by atoms with van der Waals surface area (Å²) in [5, 5.41) is 16.3. The number of carbonyl (C=O) groups excluding carboxylic acids is 3. The van der Waals surface area contributed by atoms with E-state index in [1.807, 2.05) is 6.92 Å². The van der Waals surface area contributed by atoms with Gasteiger partial charge in [0, 0.05) is 24.0 Å². The second kappa shape index (κ2) is 7.88. The van der Waals surface area contributed by atoms with Gasteiger partial charge in [-0.15, -0.1) is 0 Å². The molecule has 0 unspecified atom stereocenters. The van der Waals surface area contributed by atoms with Gasteiger partial charge in [-0.2, -0.15) is 0 Å². The monoisotopic (exact) mass is 400 g/mol. The highest BCUT2D eigenvalue weighted by atomic mass is 19.1. The number of fused-ring (bicyclic) bond motifs is 1. The highest BCUT2D eigenvalue weighted by molar-refractivity contribution is 6.35. The molecule has 8 nitrogen and oxygen atoms in total. The minimum absolute atomic E-state index is 0.143. The fourth-order valence-corrected chi connectivity index (χ4v) is 3.31. The van der Waals surface area contributed by atoms with Gasteiger partial charge in [0.1, 0.15) is 12.4 Å². The third-order valence-corrected chi connectivity index (χ3v) is 4.77. The van der Waals surface area contributed by atoms with Crippen molar-refractivity contribution >= 4 is 40.7 Å². The molecule has 0 spiro atoms. The summed E-state index contributed by atoms with van der Waals surface area (Å²) in [6, 6.07) is 2.44. The smallest absolute Gasteiger partial charge is 0.256 e. The molecule has 2 heterocycles. The molecule has 0 saturated carbocycles. The Hall–Kier alpha value is -3.46. The van der Waals surface area contributed by atoms with E-state index in [2.05, 4.69) is 20.9 Å². The number of aryl methyl sites for hydroxylation is 1. The lowest BCUT2D eigenvalue weighted by Gasteiger charge is -2.07. The lowest BCUT2D eigenvalue weighted by atomic mass is 10.0. The van der Waals surface area contributed by atoms with E-state index in [4.69, 9.17) is 5.11 Å². The van der Waals surface area contributed by atoms with Gasteiger partial charge in [0.25, 0.3) is 11.8 Å². The first-order chi connectivity index (χ1) is 13.8. The summed E-state index contributed by atoms with van der Waals surface area (Å²) in [5.41, 5.74) is 3.28. The van der Waals surface area contributed by atoms with Gasteiger partial charge in [0.2, 0.25) is 5.91 Å². The quantitative estimate of drug-likeness (QED) is 0.491. The summed E-state index contributed by atoms with van der Waals surface area (Å²) >= 11 is 0. The van der Waals surface area contributed by atoms with Crippen LogP contribution in [0.4, 0.5) is 15.8 Å². The minimum atomic E-state index is -0.784. The minimum Gasteiger partial charge on any atom is -0.387 e. The van der Waals surface area contributed by atoms with Gasteiger partial charge in [-0.05, 0) is 37.1 Å². The fraction of sp³-hybridized carbons (Fsp3) is 0.250. The molecule has 1 aliphatic heterocycles. The molecule has 1 aliphatic rings. The lowest BCUT2D eigenvalue weighted by Crippen LogP contribution is -2.19. The third-order valence-electron chi connectivity index (χ3n) is 4.77. The number of carbonyl (C=O) groups is 3. The summed E-state index contributed by atoms with van der Waals surface area (Å²) in [6.07, 6.45) is 2.17. The van der Waals surface area contributed by atoms with Crippen molar-refractivity contribution in [2.24, 2.45) is 0 Å². The molecular formula is C20H21FN4O4. The number of rotatable bonds is 5. The van der Waals surface area contributed by atoms with Crippen LogP contribution < -0.4 is 16.0 Å². The van der Waals surface area contributed by atoms with Crippen LogP contribution in [0.5, 0.6) is 0 Å². The normalized spacial score (nSPS) is 14.0. The number of hydrogen-bond donors (Lipinski definition) is 5. The summed E-state index contributed by atoms with van der Waals surface area (Å²) in [5.74, 6) is -2.17. The number of aliphatic hydroxyl groups is 1. The van der Waals surface area contributed by atoms with Crippen molar-refractivity contribution in [2.45, 2.75) is 20.3 Å². The number of nitrogens with one attached hydrogen (secondary N) is 4. The number of amides is 3. The van der Waals surface area contributed by atoms with Crippen LogP contribution in [-0.4, -0.2) is 41.5 Å². The lowest BCUT2D eigenvalue weighted by molar-refractivity contribution is -0.118. The Labute approximate surface area is 166 Å². The van der Waals surface area contributed by atoms with Crippen LogP contribution in [0.1, 0.15) is 39.8 Å². The molecule has 1 aromatic carbocycles. The highest BCUT2D eigenvalue weighted by Crippen LogP contribution is 2.37. The van der Waals surface area contributed by atoms with Gasteiger partial charge in [-0.25, -0.2) is 4.39 Å². The maximum Gasteiger partial charge on any atom is 0.256 e. The van der Waals surface area contributed by atoms with Crippen LogP contribution in [-0.2, 0) is 16.0 Å². The molecule has 0 aliphatic carbocycles. The van der Waals surface area contributed by atoms with E-state index < -0.39 is 24.2 Å². The number of aromatic nitrogens is 1. The maximum absolute atomic E-state index is 14.4. The van der Waals surface area contributed by atoms with Crippen LogP contribution in [0.15, 0.2) is 12.1 Å². The second-order valence-electron chi connectivity index (χ2n) is 6.55. The Balaban J connectivity index is 2.06. The first kappa shape index (κ1) is 20.3. The number of halogens is 1. The first-order valence-electron chi connectivity index (χ1n) is 9.01. The molecule has 0 saturated heterocycles. The van der Waals surface area contributed by atoms with Gasteiger partial charge >= 0.3 is 0 Å². The number of benzene rings is 1. The Morgan fingerprint density at radius 1 is 1.31 bits per heavy atom. The zero-order chi connectivity index (χ0) is 21.3. The number of aromatic amines is 1. The van der Waals surface area contributed by atoms with E-state index in [1.54, 1.807) is 20.0 Å². The Kier molecular flexibility index (Phi) is 5.51. The summed E-state index contributed by atoms with van der Waals surface area (Å²) in [7, 11) is 1.54. The van der Waals surface area contributed by atoms with Gasteiger partial charge < -0.3 is 26.0 Å². The van der Waals surface area contributed by atoms with Crippen molar-refractivity contribution in [1.82, 2.24) is 10.3 Å². The van der Waals surface area contributed by atoms with Crippen LogP contribution in [0.2, 0.25) is 0 Å². The zero-order valence-electron chi connectivity index (χ0n) is 16.2. The first-order valence-corrected chi connectivity index (χ1v) is 9.01. The number of H-pyrrole nitrogens is 1. The molecule has 5 N–H and O–H groups in total. The van der Waals surface area contributed by atoms with Crippen LogP contribution >= 0.6 is 0 Å². The Bertz CT molecular complexity index is 1060. The van der Waals surface area contributed by atoms with Crippen LogP contribution in [0, 0.1) is 12.7 Å². The van der Waals surface area contributed by atoms with Crippen molar-refractivity contribution in [3.63, 3.8) is 0 Å².